The number of hydrogen-bond acceptors (Lipinski definition) is 4. The minimum absolute atomic E-state index is 0.107. The molecule has 0 fully saturated rings. The lowest BCUT2D eigenvalue weighted by atomic mass is 9.92. The maximum absolute atomic E-state index is 8.05. The standard InChI is InChI=1S/C31H22N2S.C19H15NS.C7H8/c32-31(33)26-14-7-15-29-30(26)27-19-22(16-17-28(27)34-29)21-10-6-11-23(18-21)25-13-5-4-12-24(25)20-8-2-1-3-9-20;20-12-13-5-3-6-14(11-13)15-8-4-10-18-19(15)16-7-1-2-9-17(16)21-18;1-7-5-3-2-4-6-7/h1-19H,(H3,32,33);1-11H,12,20H2;2-6H,1H3. The van der Waals surface area contributed by atoms with E-state index in [1.807, 2.05) is 41.7 Å². The van der Waals surface area contributed by atoms with Gasteiger partial charge in [0.05, 0.1) is 0 Å². The largest absolute Gasteiger partial charge is 0.384 e. The normalized spacial score (nSPS) is 10.9. The number of nitrogens with one attached hydrogen (secondary N) is 1. The van der Waals surface area contributed by atoms with Crippen molar-refractivity contribution in [2.45, 2.75) is 13.5 Å². The summed E-state index contributed by atoms with van der Waals surface area (Å²) >= 11 is 3.60. The Labute approximate surface area is 370 Å². The van der Waals surface area contributed by atoms with Crippen molar-refractivity contribution in [1.29, 1.82) is 5.41 Å². The first kappa shape index (κ1) is 40.3. The number of amidine groups is 1. The Kier molecular flexibility index (Phi) is 11.8. The van der Waals surface area contributed by atoms with Crippen molar-refractivity contribution in [2.75, 3.05) is 0 Å². The van der Waals surface area contributed by atoms with Gasteiger partial charge in [-0.2, -0.15) is 0 Å². The zero-order valence-corrected chi connectivity index (χ0v) is 36.0. The van der Waals surface area contributed by atoms with Gasteiger partial charge in [-0.3, -0.25) is 5.41 Å². The molecule has 0 aliphatic heterocycles. The summed E-state index contributed by atoms with van der Waals surface area (Å²) in [5.41, 5.74) is 24.7. The zero-order chi connectivity index (χ0) is 42.4. The Hall–Kier alpha value is -7.15. The van der Waals surface area contributed by atoms with Crippen LogP contribution >= 0.6 is 22.7 Å². The summed E-state index contributed by atoms with van der Waals surface area (Å²) in [4.78, 5) is 0. The molecule has 0 saturated heterocycles. The topological polar surface area (TPSA) is 75.9 Å². The van der Waals surface area contributed by atoms with E-state index in [0.29, 0.717) is 6.54 Å². The fourth-order valence-electron chi connectivity index (χ4n) is 8.12. The van der Waals surface area contributed by atoms with E-state index in [2.05, 4.69) is 189 Å². The molecule has 0 aliphatic rings. The van der Waals surface area contributed by atoms with Crippen LogP contribution in [0.2, 0.25) is 0 Å². The Balaban J connectivity index is 0.000000147. The second-order valence-electron chi connectivity index (χ2n) is 15.2. The predicted octanol–water partition coefficient (Wildman–Crippen LogP) is 15.5. The molecule has 3 nitrogen and oxygen atoms in total. The van der Waals surface area contributed by atoms with Crippen molar-refractivity contribution in [3.05, 3.63) is 229 Å². The van der Waals surface area contributed by atoms with Gasteiger partial charge in [-0.05, 0) is 99.5 Å². The maximum atomic E-state index is 8.05. The number of thiophene rings is 2. The highest BCUT2D eigenvalue weighted by molar-refractivity contribution is 7.26. The molecule has 0 aliphatic carbocycles. The summed E-state index contributed by atoms with van der Waals surface area (Å²) in [6.45, 7) is 2.66. The van der Waals surface area contributed by atoms with E-state index in [1.165, 1.54) is 74.9 Å². The van der Waals surface area contributed by atoms with Crippen molar-refractivity contribution in [3.63, 3.8) is 0 Å². The lowest BCUT2D eigenvalue weighted by Gasteiger charge is -2.12. The summed E-state index contributed by atoms with van der Waals surface area (Å²) in [6, 6.07) is 74.4. The number of benzene rings is 9. The summed E-state index contributed by atoms with van der Waals surface area (Å²) in [6.07, 6.45) is 0. The van der Waals surface area contributed by atoms with Gasteiger partial charge in [0.15, 0.2) is 0 Å². The van der Waals surface area contributed by atoms with Gasteiger partial charge in [0.1, 0.15) is 5.84 Å². The Morgan fingerprint density at radius 1 is 0.419 bits per heavy atom. The fraction of sp³-hybridized carbons (Fsp3) is 0.0351. The van der Waals surface area contributed by atoms with E-state index in [1.54, 1.807) is 11.3 Å². The first-order valence-corrected chi connectivity index (χ1v) is 22.3. The molecule has 0 saturated carbocycles. The van der Waals surface area contributed by atoms with Gasteiger partial charge in [-0.25, -0.2) is 0 Å². The third-order valence-corrected chi connectivity index (χ3v) is 13.4. The molecule has 0 amide bonds. The molecule has 0 unspecified atom stereocenters. The lowest BCUT2D eigenvalue weighted by Crippen LogP contribution is -2.10. The highest BCUT2D eigenvalue weighted by atomic mass is 32.1. The number of aryl methyl sites for hydroxylation is 1. The van der Waals surface area contributed by atoms with Crippen molar-refractivity contribution in [1.82, 2.24) is 0 Å². The summed E-state index contributed by atoms with van der Waals surface area (Å²) < 4.78 is 5.05. The second-order valence-corrected chi connectivity index (χ2v) is 17.4. The SMILES string of the molecule is Cc1ccccc1.N=C(N)c1cccc2sc3ccc(-c4cccc(-c5ccccc5-c5ccccc5)c4)cc3c12.NCc1cccc(-c2cccc3sc4ccccc4c23)c1. The van der Waals surface area contributed by atoms with Gasteiger partial charge in [-0.15, -0.1) is 22.7 Å². The highest BCUT2D eigenvalue weighted by Gasteiger charge is 2.14. The van der Waals surface area contributed by atoms with Crippen LogP contribution in [-0.4, -0.2) is 5.84 Å². The van der Waals surface area contributed by atoms with Gasteiger partial charge in [0.2, 0.25) is 0 Å². The van der Waals surface area contributed by atoms with Crippen LogP contribution in [-0.2, 0) is 6.54 Å². The average molecular weight is 836 g/mol. The minimum atomic E-state index is 0.107. The van der Waals surface area contributed by atoms with Gasteiger partial charge in [0.25, 0.3) is 0 Å². The number of nitrogen functional groups attached to an aromatic ring is 1. The van der Waals surface area contributed by atoms with Crippen molar-refractivity contribution >= 4 is 68.9 Å². The predicted molar refractivity (Wildman–Crippen MR) is 270 cm³/mol. The smallest absolute Gasteiger partial charge is 0.123 e. The third-order valence-electron chi connectivity index (χ3n) is 11.1. The van der Waals surface area contributed by atoms with E-state index >= 15 is 0 Å². The number of fused-ring (bicyclic) bond motifs is 6. The van der Waals surface area contributed by atoms with Crippen molar-refractivity contribution in [2.24, 2.45) is 11.5 Å². The molecule has 2 aromatic heterocycles. The van der Waals surface area contributed by atoms with Gasteiger partial charge < -0.3 is 11.5 Å². The van der Waals surface area contributed by atoms with E-state index in [0.717, 1.165) is 26.6 Å². The van der Waals surface area contributed by atoms with Gasteiger partial charge in [0, 0.05) is 52.5 Å². The van der Waals surface area contributed by atoms with E-state index in [-0.39, 0.29) is 5.84 Å². The Morgan fingerprint density at radius 2 is 0.935 bits per heavy atom. The second kappa shape index (κ2) is 18.2. The molecule has 11 rings (SSSR count). The van der Waals surface area contributed by atoms with Crippen molar-refractivity contribution in [3.8, 4) is 44.5 Å². The highest BCUT2D eigenvalue weighted by Crippen LogP contribution is 2.41. The Bertz CT molecular complexity index is 3330. The number of nitrogens with two attached hydrogens (primary N) is 2. The molecule has 0 spiro atoms. The molecule has 0 bridgehead atoms. The maximum Gasteiger partial charge on any atom is 0.123 e. The van der Waals surface area contributed by atoms with E-state index < -0.39 is 0 Å². The van der Waals surface area contributed by atoms with Crippen LogP contribution in [0.5, 0.6) is 0 Å². The fourth-order valence-corrected chi connectivity index (χ4v) is 10.4. The molecule has 5 N–H and O–H groups in total. The van der Waals surface area contributed by atoms with Crippen LogP contribution in [0.25, 0.3) is 84.9 Å². The average Bonchev–Trinajstić information content (AvgIpc) is 3.91. The molecule has 62 heavy (non-hydrogen) atoms. The summed E-state index contributed by atoms with van der Waals surface area (Å²) in [5.74, 6) is 0.107. The van der Waals surface area contributed by atoms with Crippen LogP contribution in [0.3, 0.4) is 0 Å². The molecule has 5 heteroatoms. The molecule has 0 radical (unpaired) electrons. The summed E-state index contributed by atoms with van der Waals surface area (Å²) in [5, 5.41) is 13.0. The van der Waals surface area contributed by atoms with Gasteiger partial charge >= 0.3 is 0 Å². The first-order chi connectivity index (χ1) is 30.4. The summed E-state index contributed by atoms with van der Waals surface area (Å²) in [7, 11) is 0. The number of hydrogen-bond donors (Lipinski definition) is 3. The molecule has 2 heterocycles. The quantitative estimate of drug-likeness (QED) is 0.115. The van der Waals surface area contributed by atoms with Crippen molar-refractivity contribution < 1.29 is 0 Å². The molecular formula is C57H45N3S2. The third kappa shape index (κ3) is 8.43. The minimum Gasteiger partial charge on any atom is -0.384 e. The van der Waals surface area contributed by atoms with E-state index in [9.17, 15) is 0 Å². The van der Waals surface area contributed by atoms with E-state index in [4.69, 9.17) is 16.9 Å². The molecular weight excluding hydrogens is 791 g/mol. The van der Waals surface area contributed by atoms with Crippen LogP contribution < -0.4 is 11.5 Å². The van der Waals surface area contributed by atoms with Crippen LogP contribution in [0.15, 0.2) is 212 Å². The molecule has 11 aromatic rings. The monoisotopic (exact) mass is 835 g/mol. The molecule has 9 aromatic carbocycles. The lowest BCUT2D eigenvalue weighted by molar-refractivity contribution is 1.07. The number of rotatable bonds is 6. The molecule has 0 atom stereocenters. The van der Waals surface area contributed by atoms with Crippen LogP contribution in [0.1, 0.15) is 16.7 Å². The zero-order valence-electron chi connectivity index (χ0n) is 34.4. The van der Waals surface area contributed by atoms with Crippen LogP contribution in [0.4, 0.5) is 0 Å². The van der Waals surface area contributed by atoms with Crippen LogP contribution in [0, 0.1) is 12.3 Å². The first-order valence-electron chi connectivity index (χ1n) is 20.7. The molecule has 300 valence electrons. The van der Waals surface area contributed by atoms with Gasteiger partial charge in [-0.1, -0.05) is 175 Å². The Morgan fingerprint density at radius 3 is 1.65 bits per heavy atom.